The van der Waals surface area contributed by atoms with Gasteiger partial charge in [-0.25, -0.2) is 11.4 Å². The van der Waals surface area contributed by atoms with Crippen molar-refractivity contribution < 1.29 is 18.7 Å². The van der Waals surface area contributed by atoms with E-state index in [1.165, 1.54) is 23.8 Å². The van der Waals surface area contributed by atoms with Crippen LogP contribution in [-0.4, -0.2) is 49.2 Å². The van der Waals surface area contributed by atoms with Crippen molar-refractivity contribution in [2.75, 3.05) is 13.2 Å². The van der Waals surface area contributed by atoms with E-state index in [4.69, 9.17) is 20.5 Å². The molecule has 1 aliphatic rings. The summed E-state index contributed by atoms with van der Waals surface area (Å²) >= 11 is 0. The van der Waals surface area contributed by atoms with Crippen molar-refractivity contribution >= 4 is 24.7 Å². The molecule has 0 radical (unpaired) electrons. The van der Waals surface area contributed by atoms with Crippen molar-refractivity contribution in [3.8, 4) is 0 Å². The van der Waals surface area contributed by atoms with Crippen LogP contribution in [0.2, 0.25) is 5.04 Å². The van der Waals surface area contributed by atoms with Gasteiger partial charge in [0.15, 0.2) is 12.3 Å². The molecule has 1 unspecified atom stereocenters. The lowest BCUT2D eigenvalue weighted by Crippen LogP contribution is -2.67. The molecule has 4 rings (SSSR count). The Morgan fingerprint density at radius 3 is 2.13 bits per heavy atom. The van der Waals surface area contributed by atoms with Gasteiger partial charge in [-0.15, -0.1) is 0 Å². The summed E-state index contributed by atoms with van der Waals surface area (Å²) in [5.74, 6) is -1.12. The van der Waals surface area contributed by atoms with Crippen LogP contribution in [0.3, 0.4) is 0 Å². The Balaban J connectivity index is 1.77. The molecule has 0 bridgehead atoms. The third-order valence-electron chi connectivity index (χ3n) is 7.11. The zero-order valence-corrected chi connectivity index (χ0v) is 23.5. The van der Waals surface area contributed by atoms with E-state index in [2.05, 4.69) is 54.9 Å². The molecular formula is C29H33N3O6Si. The second kappa shape index (κ2) is 11.5. The maximum atomic E-state index is 12.7. The minimum Gasteiger partial charge on any atom is -0.457 e. The van der Waals surface area contributed by atoms with Crippen LogP contribution < -0.4 is 21.6 Å². The molecule has 4 atom stereocenters. The zero-order valence-electron chi connectivity index (χ0n) is 22.5. The highest BCUT2D eigenvalue weighted by Gasteiger charge is 2.54. The van der Waals surface area contributed by atoms with Gasteiger partial charge in [0.25, 0.3) is 13.9 Å². The van der Waals surface area contributed by atoms with E-state index in [9.17, 15) is 14.4 Å². The first-order valence-corrected chi connectivity index (χ1v) is 14.7. The molecule has 2 heterocycles. The molecule has 0 aliphatic carbocycles. The SMILES string of the molecule is [C-]#[N+]C[C@@H]1[C@@H](CO[Si](c2ccccc2)(c2ccccc2)C(C)(C)C)OC(n2ccc(=O)[nH]c2=O)[C@@H]1OC(C)=O. The number of hydrogen-bond acceptors (Lipinski definition) is 6. The zero-order chi connectivity index (χ0) is 28.2. The van der Waals surface area contributed by atoms with Crippen LogP contribution in [-0.2, 0) is 18.7 Å². The Morgan fingerprint density at radius 1 is 1.05 bits per heavy atom. The minimum absolute atomic E-state index is 0.00131. The van der Waals surface area contributed by atoms with Crippen molar-refractivity contribution in [2.45, 2.75) is 51.2 Å². The van der Waals surface area contributed by atoms with Gasteiger partial charge in [-0.1, -0.05) is 81.4 Å². The lowest BCUT2D eigenvalue weighted by Gasteiger charge is -2.43. The first kappa shape index (κ1) is 28.2. The minimum atomic E-state index is -2.92. The van der Waals surface area contributed by atoms with E-state index >= 15 is 0 Å². The molecule has 0 amide bonds. The number of aromatic nitrogens is 2. The lowest BCUT2D eigenvalue weighted by molar-refractivity contribution is -0.153. The van der Waals surface area contributed by atoms with Crippen molar-refractivity contribution in [2.24, 2.45) is 5.92 Å². The molecule has 1 saturated heterocycles. The number of benzene rings is 2. The normalized spacial score (nSPS) is 21.3. The lowest BCUT2D eigenvalue weighted by atomic mass is 9.98. The summed E-state index contributed by atoms with van der Waals surface area (Å²) in [6.07, 6.45) is -1.30. The Labute approximate surface area is 228 Å². The second-order valence-corrected chi connectivity index (χ2v) is 14.9. The largest absolute Gasteiger partial charge is 0.457 e. The van der Waals surface area contributed by atoms with Gasteiger partial charge in [0, 0.05) is 19.2 Å². The van der Waals surface area contributed by atoms with E-state index < -0.39 is 49.9 Å². The smallest absolute Gasteiger partial charge is 0.330 e. The second-order valence-electron chi connectivity index (χ2n) is 10.6. The molecule has 1 fully saturated rings. The number of hydrogen-bond donors (Lipinski definition) is 1. The molecule has 1 N–H and O–H groups in total. The van der Waals surface area contributed by atoms with Crippen LogP contribution in [0.5, 0.6) is 0 Å². The van der Waals surface area contributed by atoms with E-state index in [-0.39, 0.29) is 18.2 Å². The maximum Gasteiger partial charge on any atom is 0.330 e. The predicted molar refractivity (Wildman–Crippen MR) is 149 cm³/mol. The number of rotatable bonds is 8. The average molecular weight is 548 g/mol. The first-order valence-electron chi connectivity index (χ1n) is 12.8. The monoisotopic (exact) mass is 547 g/mol. The number of aromatic amines is 1. The molecule has 204 valence electrons. The average Bonchev–Trinajstić information content (AvgIpc) is 3.21. The van der Waals surface area contributed by atoms with Gasteiger partial charge in [-0.2, -0.15) is 0 Å². The summed E-state index contributed by atoms with van der Waals surface area (Å²) < 4.78 is 20.2. The summed E-state index contributed by atoms with van der Waals surface area (Å²) in [6.45, 7) is 15.4. The molecule has 1 aromatic heterocycles. The predicted octanol–water partition coefficient (Wildman–Crippen LogP) is 2.48. The van der Waals surface area contributed by atoms with Crippen molar-refractivity contribution in [3.63, 3.8) is 0 Å². The van der Waals surface area contributed by atoms with Crippen molar-refractivity contribution in [3.05, 3.63) is 105 Å². The Bertz CT molecular complexity index is 1400. The first-order chi connectivity index (χ1) is 18.6. The number of nitrogens with one attached hydrogen (secondary N) is 1. The van der Waals surface area contributed by atoms with Crippen LogP contribution in [0.4, 0.5) is 0 Å². The summed E-state index contributed by atoms with van der Waals surface area (Å²) in [5, 5.41) is 1.90. The van der Waals surface area contributed by atoms with Crippen LogP contribution in [0.15, 0.2) is 82.5 Å². The summed E-state index contributed by atoms with van der Waals surface area (Å²) in [7, 11) is -2.92. The number of H-pyrrole nitrogens is 1. The van der Waals surface area contributed by atoms with Gasteiger partial charge in [0.1, 0.15) is 5.92 Å². The molecule has 1 aliphatic heterocycles. The molecule has 9 nitrogen and oxygen atoms in total. The van der Waals surface area contributed by atoms with Gasteiger partial charge in [-0.3, -0.25) is 19.1 Å². The Kier molecular flexibility index (Phi) is 8.35. The number of esters is 1. The van der Waals surface area contributed by atoms with Gasteiger partial charge in [0.2, 0.25) is 6.54 Å². The van der Waals surface area contributed by atoms with E-state index in [0.29, 0.717) is 0 Å². The van der Waals surface area contributed by atoms with Crippen LogP contribution in [0, 0.1) is 12.5 Å². The van der Waals surface area contributed by atoms with Gasteiger partial charge in [-0.05, 0) is 15.4 Å². The summed E-state index contributed by atoms with van der Waals surface area (Å²) in [5.41, 5.74) is -1.25. The van der Waals surface area contributed by atoms with Gasteiger partial charge in [0.05, 0.1) is 12.7 Å². The summed E-state index contributed by atoms with van der Waals surface area (Å²) in [6, 6.07) is 21.5. The third-order valence-corrected chi connectivity index (χ3v) is 12.1. The topological polar surface area (TPSA) is 104 Å². The fraction of sp³-hybridized carbons (Fsp3) is 0.379. The number of ether oxygens (including phenoxy) is 2. The van der Waals surface area contributed by atoms with E-state index in [1.54, 1.807) is 0 Å². The van der Waals surface area contributed by atoms with Gasteiger partial charge < -0.3 is 18.7 Å². The van der Waals surface area contributed by atoms with E-state index in [1.807, 2.05) is 36.4 Å². The molecule has 3 aromatic rings. The Morgan fingerprint density at radius 2 is 1.64 bits per heavy atom. The number of carbonyl (C=O) groups excluding carboxylic acids is 1. The molecule has 39 heavy (non-hydrogen) atoms. The molecular weight excluding hydrogens is 514 g/mol. The number of nitrogens with zero attached hydrogens (tertiary/aromatic N) is 2. The molecule has 0 saturated carbocycles. The molecule has 10 heteroatoms. The third kappa shape index (κ3) is 5.66. The van der Waals surface area contributed by atoms with Crippen LogP contribution in [0.25, 0.3) is 4.85 Å². The van der Waals surface area contributed by atoms with Crippen LogP contribution in [0.1, 0.15) is 33.9 Å². The highest BCUT2D eigenvalue weighted by Crippen LogP contribution is 2.40. The summed E-state index contributed by atoms with van der Waals surface area (Å²) in [4.78, 5) is 42.2. The highest BCUT2D eigenvalue weighted by molar-refractivity contribution is 6.99. The molecule has 0 spiro atoms. The van der Waals surface area contributed by atoms with Crippen LogP contribution >= 0.6 is 0 Å². The number of carbonyl (C=O) groups is 1. The van der Waals surface area contributed by atoms with E-state index in [0.717, 1.165) is 10.4 Å². The fourth-order valence-corrected chi connectivity index (χ4v) is 10.00. The maximum absolute atomic E-state index is 12.7. The molecule has 2 aromatic carbocycles. The Hall–Kier alpha value is -3.78. The standard InChI is InChI=1S/C29H33N3O6Si/c1-20(33)37-26-23(18-30-5)24(38-27(26)32-17-16-25(34)31-28(32)35)19-36-39(29(2,3)4,21-12-8-6-9-13-21)22-14-10-7-11-15-22/h6-17,23-24,26-27H,18-19H2,1-4H3,(H,31,34,35)/t23-,24-,26-,27?/m1/s1. The van der Waals surface area contributed by atoms with Gasteiger partial charge >= 0.3 is 11.7 Å². The van der Waals surface area contributed by atoms with Crippen molar-refractivity contribution in [1.82, 2.24) is 9.55 Å². The fourth-order valence-electron chi connectivity index (χ4n) is 5.43. The highest BCUT2D eigenvalue weighted by atomic mass is 28.4. The van der Waals surface area contributed by atoms with Crippen molar-refractivity contribution in [1.29, 1.82) is 0 Å². The quantitative estimate of drug-likeness (QED) is 0.264.